The Bertz CT molecular complexity index is 621. The van der Waals surface area contributed by atoms with Gasteiger partial charge in [0.25, 0.3) is 0 Å². The van der Waals surface area contributed by atoms with Crippen LogP contribution < -0.4 is 15.0 Å². The summed E-state index contributed by atoms with van der Waals surface area (Å²) in [7, 11) is 2.15. The Labute approximate surface area is 150 Å². The van der Waals surface area contributed by atoms with E-state index < -0.39 is 0 Å². The molecule has 136 valence electrons. The number of likely N-dealkylation sites (N-methyl/N-ethyl adjacent to an activating group) is 1. The fourth-order valence-electron chi connectivity index (χ4n) is 3.46. The van der Waals surface area contributed by atoms with Crippen LogP contribution in [-0.4, -0.2) is 50.6 Å². The van der Waals surface area contributed by atoms with Gasteiger partial charge < -0.3 is 19.9 Å². The minimum absolute atomic E-state index is 0.0600. The number of carbonyl (C=O) groups excluding carboxylic acids is 1. The molecule has 0 radical (unpaired) electrons. The molecule has 1 N–H and O–H groups in total. The second-order valence-electron chi connectivity index (χ2n) is 6.92. The third-order valence-corrected chi connectivity index (χ3v) is 4.97. The zero-order valence-corrected chi connectivity index (χ0v) is 15.3. The van der Waals surface area contributed by atoms with Crippen molar-refractivity contribution in [2.24, 2.45) is 5.92 Å². The summed E-state index contributed by atoms with van der Waals surface area (Å²) >= 11 is 0. The molecular weight excluding hydrogens is 314 g/mol. The number of rotatable bonds is 6. The summed E-state index contributed by atoms with van der Waals surface area (Å²) < 4.78 is 5.79. The number of benzene rings is 1. The summed E-state index contributed by atoms with van der Waals surface area (Å²) in [5, 5.41) is 3.03. The Morgan fingerprint density at radius 2 is 2.08 bits per heavy atom. The molecule has 1 heterocycles. The van der Waals surface area contributed by atoms with Gasteiger partial charge in [-0.2, -0.15) is 0 Å². The number of ether oxygens (including phenoxy) is 1. The van der Waals surface area contributed by atoms with E-state index >= 15 is 0 Å². The third-order valence-electron chi connectivity index (χ3n) is 4.97. The van der Waals surface area contributed by atoms with Crippen LogP contribution in [0.3, 0.4) is 0 Å². The summed E-state index contributed by atoms with van der Waals surface area (Å²) in [6, 6.07) is 6.11. The van der Waals surface area contributed by atoms with E-state index in [-0.39, 0.29) is 5.91 Å². The lowest BCUT2D eigenvalue weighted by molar-refractivity contribution is -0.116. The number of hydrogen-bond acceptors (Lipinski definition) is 4. The summed E-state index contributed by atoms with van der Waals surface area (Å²) in [5.41, 5.74) is 1.93. The first-order valence-corrected chi connectivity index (χ1v) is 9.32. The van der Waals surface area contributed by atoms with Crippen LogP contribution in [0.25, 0.3) is 0 Å². The predicted molar refractivity (Wildman–Crippen MR) is 102 cm³/mol. The second kappa shape index (κ2) is 8.39. The molecular formula is C20H29N3O2. The second-order valence-corrected chi connectivity index (χ2v) is 6.92. The van der Waals surface area contributed by atoms with Crippen LogP contribution in [0, 0.1) is 5.92 Å². The van der Waals surface area contributed by atoms with Crippen molar-refractivity contribution in [3.63, 3.8) is 0 Å². The Morgan fingerprint density at radius 3 is 2.76 bits per heavy atom. The molecule has 25 heavy (non-hydrogen) atoms. The van der Waals surface area contributed by atoms with Gasteiger partial charge in [0.2, 0.25) is 5.91 Å². The fraction of sp³-hybridized carbons (Fsp3) is 0.550. The number of piperazine rings is 1. The highest BCUT2D eigenvalue weighted by Crippen LogP contribution is 2.31. The predicted octanol–water partition coefficient (Wildman–Crippen LogP) is 3.13. The van der Waals surface area contributed by atoms with E-state index in [2.05, 4.69) is 46.4 Å². The molecule has 2 aliphatic rings. The molecule has 1 saturated heterocycles. The van der Waals surface area contributed by atoms with Crippen molar-refractivity contribution in [1.29, 1.82) is 0 Å². The van der Waals surface area contributed by atoms with Crippen LogP contribution in [-0.2, 0) is 4.79 Å². The molecule has 5 nitrogen and oxygen atoms in total. The molecule has 1 aromatic carbocycles. The summed E-state index contributed by atoms with van der Waals surface area (Å²) in [6.45, 7) is 6.72. The van der Waals surface area contributed by atoms with Gasteiger partial charge in [-0.3, -0.25) is 4.79 Å². The number of carbonyl (C=O) groups is 1. The van der Waals surface area contributed by atoms with Crippen molar-refractivity contribution in [1.82, 2.24) is 4.90 Å². The first-order chi connectivity index (χ1) is 12.2. The SMILES string of the molecule is CCOc1cc(N2CCN(C)CC2)ccc1NC(=O)CC1C=CCC1. The number of hydrogen-bond donors (Lipinski definition) is 1. The van der Waals surface area contributed by atoms with Gasteiger partial charge in [0.1, 0.15) is 5.75 Å². The first kappa shape index (κ1) is 17.8. The van der Waals surface area contributed by atoms with Gasteiger partial charge in [0.15, 0.2) is 0 Å². The number of anilines is 2. The molecule has 1 atom stereocenters. The van der Waals surface area contributed by atoms with Crippen molar-refractivity contribution in [3.8, 4) is 5.75 Å². The molecule has 1 unspecified atom stereocenters. The molecule has 0 bridgehead atoms. The number of nitrogens with zero attached hydrogens (tertiary/aromatic N) is 2. The lowest BCUT2D eigenvalue weighted by Gasteiger charge is -2.34. The average molecular weight is 343 g/mol. The maximum Gasteiger partial charge on any atom is 0.225 e. The molecule has 3 rings (SSSR count). The molecule has 1 fully saturated rings. The van der Waals surface area contributed by atoms with Gasteiger partial charge in [-0.25, -0.2) is 0 Å². The van der Waals surface area contributed by atoms with Gasteiger partial charge in [-0.1, -0.05) is 12.2 Å². The number of amides is 1. The fourth-order valence-corrected chi connectivity index (χ4v) is 3.46. The normalized spacial score (nSPS) is 20.7. The molecule has 0 saturated carbocycles. The molecule has 1 aliphatic carbocycles. The maximum atomic E-state index is 12.3. The van der Waals surface area contributed by atoms with Crippen LogP contribution in [0.5, 0.6) is 5.75 Å². The van der Waals surface area contributed by atoms with Gasteiger partial charge in [-0.15, -0.1) is 0 Å². The summed E-state index contributed by atoms with van der Waals surface area (Å²) in [4.78, 5) is 17.0. The Morgan fingerprint density at radius 1 is 1.28 bits per heavy atom. The zero-order valence-electron chi connectivity index (χ0n) is 15.3. The first-order valence-electron chi connectivity index (χ1n) is 9.32. The lowest BCUT2D eigenvalue weighted by atomic mass is 10.0. The Hall–Kier alpha value is -2.01. The van der Waals surface area contributed by atoms with Gasteiger partial charge in [0.05, 0.1) is 12.3 Å². The number of allylic oxidation sites excluding steroid dienone is 2. The monoisotopic (exact) mass is 343 g/mol. The quantitative estimate of drug-likeness (QED) is 0.806. The smallest absolute Gasteiger partial charge is 0.225 e. The molecule has 1 aromatic rings. The van der Waals surface area contributed by atoms with Crippen molar-refractivity contribution in [2.45, 2.75) is 26.2 Å². The van der Waals surface area contributed by atoms with E-state index in [1.54, 1.807) is 0 Å². The standard InChI is InChI=1S/C20H29N3O2/c1-3-25-19-15-17(23-12-10-22(2)11-13-23)8-9-18(19)21-20(24)14-16-6-4-5-7-16/h4,6,8-9,15-16H,3,5,7,10-14H2,1-2H3,(H,21,24). The Kier molecular flexibility index (Phi) is 5.97. The highest BCUT2D eigenvalue weighted by Gasteiger charge is 2.18. The molecule has 1 amide bonds. The van der Waals surface area contributed by atoms with E-state index in [9.17, 15) is 4.79 Å². The summed E-state index contributed by atoms with van der Waals surface area (Å²) in [6.07, 6.45) is 7.02. The number of nitrogens with one attached hydrogen (secondary N) is 1. The van der Waals surface area contributed by atoms with Crippen molar-refractivity contribution < 1.29 is 9.53 Å². The van der Waals surface area contributed by atoms with E-state index in [1.807, 2.05) is 13.0 Å². The third kappa shape index (κ3) is 4.75. The largest absolute Gasteiger partial charge is 0.492 e. The minimum atomic E-state index is 0.0600. The van der Waals surface area contributed by atoms with Crippen molar-refractivity contribution in [3.05, 3.63) is 30.4 Å². The lowest BCUT2D eigenvalue weighted by Crippen LogP contribution is -2.44. The topological polar surface area (TPSA) is 44.8 Å². The van der Waals surface area contributed by atoms with Crippen molar-refractivity contribution in [2.75, 3.05) is 50.1 Å². The van der Waals surface area contributed by atoms with Gasteiger partial charge in [0, 0.05) is 44.4 Å². The molecule has 0 spiro atoms. The van der Waals surface area contributed by atoms with Crippen LogP contribution >= 0.6 is 0 Å². The average Bonchev–Trinajstić information content (AvgIpc) is 3.10. The van der Waals surface area contributed by atoms with Crippen LogP contribution in [0.4, 0.5) is 11.4 Å². The van der Waals surface area contributed by atoms with E-state index in [1.165, 1.54) is 0 Å². The van der Waals surface area contributed by atoms with Gasteiger partial charge >= 0.3 is 0 Å². The molecule has 1 aliphatic heterocycles. The molecule has 0 aromatic heterocycles. The summed E-state index contributed by atoms with van der Waals surface area (Å²) in [5.74, 6) is 1.19. The van der Waals surface area contributed by atoms with Crippen LogP contribution in [0.1, 0.15) is 26.2 Å². The van der Waals surface area contributed by atoms with E-state index in [0.717, 1.165) is 56.1 Å². The molecule has 5 heteroatoms. The zero-order chi connectivity index (χ0) is 17.6. The maximum absolute atomic E-state index is 12.3. The van der Waals surface area contributed by atoms with Gasteiger partial charge in [-0.05, 0) is 44.9 Å². The van der Waals surface area contributed by atoms with Crippen LogP contribution in [0.2, 0.25) is 0 Å². The van der Waals surface area contributed by atoms with Crippen molar-refractivity contribution >= 4 is 17.3 Å². The highest BCUT2D eigenvalue weighted by molar-refractivity contribution is 5.93. The van der Waals surface area contributed by atoms with E-state index in [4.69, 9.17) is 4.74 Å². The minimum Gasteiger partial charge on any atom is -0.492 e. The van der Waals surface area contributed by atoms with E-state index in [0.29, 0.717) is 18.9 Å². The Balaban J connectivity index is 1.68. The van der Waals surface area contributed by atoms with Crippen LogP contribution in [0.15, 0.2) is 30.4 Å². The highest BCUT2D eigenvalue weighted by atomic mass is 16.5.